The molecule has 2 heterocycles. The maximum absolute atomic E-state index is 13.0. The molecule has 0 aliphatic carbocycles. The minimum atomic E-state index is -0.275. The second kappa shape index (κ2) is 7.29. The number of rotatable bonds is 3. The Labute approximate surface area is 141 Å². The molecule has 6 heteroatoms. The molecular formula is C18H21FN4O. The lowest BCUT2D eigenvalue weighted by Crippen LogP contribution is -2.52. The van der Waals surface area contributed by atoms with E-state index in [1.54, 1.807) is 23.2 Å². The van der Waals surface area contributed by atoms with Crippen molar-refractivity contribution < 1.29 is 9.18 Å². The van der Waals surface area contributed by atoms with Gasteiger partial charge in [-0.3, -0.25) is 0 Å². The summed E-state index contributed by atoms with van der Waals surface area (Å²) < 4.78 is 13.0. The van der Waals surface area contributed by atoms with E-state index in [0.29, 0.717) is 13.1 Å². The van der Waals surface area contributed by atoms with Crippen LogP contribution in [0.4, 0.5) is 15.0 Å². The molecular weight excluding hydrogens is 307 g/mol. The molecule has 1 saturated heterocycles. The van der Waals surface area contributed by atoms with Crippen LogP contribution in [0.3, 0.4) is 0 Å². The number of halogens is 1. The molecule has 1 fully saturated rings. The Kier molecular flexibility index (Phi) is 4.93. The molecule has 1 atom stereocenters. The summed E-state index contributed by atoms with van der Waals surface area (Å²) in [6, 6.07) is 11.8. The number of pyridine rings is 1. The maximum atomic E-state index is 13.0. The number of hydrogen-bond acceptors (Lipinski definition) is 3. The first-order valence-corrected chi connectivity index (χ1v) is 8.10. The number of nitrogens with zero attached hydrogens (tertiary/aromatic N) is 3. The van der Waals surface area contributed by atoms with Crippen LogP contribution in [0.5, 0.6) is 0 Å². The molecule has 0 radical (unpaired) electrons. The van der Waals surface area contributed by atoms with Crippen LogP contribution >= 0.6 is 0 Å². The van der Waals surface area contributed by atoms with E-state index >= 15 is 0 Å². The van der Waals surface area contributed by atoms with Gasteiger partial charge in [0.15, 0.2) is 0 Å². The molecule has 1 unspecified atom stereocenters. The van der Waals surface area contributed by atoms with Gasteiger partial charge in [0.1, 0.15) is 11.6 Å². The number of benzene rings is 1. The highest BCUT2D eigenvalue weighted by Crippen LogP contribution is 2.15. The highest BCUT2D eigenvalue weighted by molar-refractivity contribution is 5.75. The molecule has 1 aliphatic heterocycles. The summed E-state index contributed by atoms with van der Waals surface area (Å²) in [5.74, 6) is 0.667. The van der Waals surface area contributed by atoms with Crippen LogP contribution in [0.2, 0.25) is 0 Å². The number of anilines is 1. The molecule has 0 saturated carbocycles. The van der Waals surface area contributed by atoms with Crippen molar-refractivity contribution in [2.24, 2.45) is 0 Å². The number of carbonyl (C=O) groups is 1. The average Bonchev–Trinajstić information content (AvgIpc) is 2.63. The zero-order chi connectivity index (χ0) is 16.9. The summed E-state index contributed by atoms with van der Waals surface area (Å²) >= 11 is 0. The first-order chi connectivity index (χ1) is 11.6. The van der Waals surface area contributed by atoms with Crippen molar-refractivity contribution in [2.75, 3.05) is 31.1 Å². The van der Waals surface area contributed by atoms with E-state index in [1.165, 1.54) is 12.1 Å². The average molecular weight is 328 g/mol. The fourth-order valence-corrected chi connectivity index (χ4v) is 2.79. The van der Waals surface area contributed by atoms with E-state index in [-0.39, 0.29) is 17.9 Å². The molecule has 1 aromatic heterocycles. The fourth-order valence-electron chi connectivity index (χ4n) is 2.79. The van der Waals surface area contributed by atoms with Crippen molar-refractivity contribution >= 4 is 11.8 Å². The number of amides is 2. The largest absolute Gasteiger partial charge is 0.353 e. The third kappa shape index (κ3) is 3.82. The molecule has 0 spiro atoms. The lowest BCUT2D eigenvalue weighted by molar-refractivity contribution is 0.191. The Bertz CT molecular complexity index is 669. The lowest BCUT2D eigenvalue weighted by Gasteiger charge is -2.35. The van der Waals surface area contributed by atoms with Gasteiger partial charge in [0.2, 0.25) is 0 Å². The fraction of sp³-hybridized carbons (Fsp3) is 0.333. The molecule has 5 nitrogen and oxygen atoms in total. The highest BCUT2D eigenvalue weighted by Gasteiger charge is 2.22. The first-order valence-electron chi connectivity index (χ1n) is 8.10. The Morgan fingerprint density at radius 1 is 1.12 bits per heavy atom. The van der Waals surface area contributed by atoms with Gasteiger partial charge in [-0.05, 0) is 36.8 Å². The van der Waals surface area contributed by atoms with Crippen LogP contribution in [0, 0.1) is 5.82 Å². The zero-order valence-electron chi connectivity index (χ0n) is 13.7. The number of aromatic nitrogens is 1. The molecule has 1 aliphatic rings. The van der Waals surface area contributed by atoms with Crippen molar-refractivity contribution in [1.82, 2.24) is 15.2 Å². The standard InChI is InChI=1S/C18H21FN4O/c1-14(15-5-7-16(19)8-6-15)21-18(24)23-12-10-22(11-13-23)17-4-2-3-9-20-17/h2-9,14H,10-13H2,1H3,(H,21,24). The molecule has 2 aromatic rings. The van der Waals surface area contributed by atoms with Gasteiger partial charge in [-0.25, -0.2) is 14.2 Å². The number of hydrogen-bond donors (Lipinski definition) is 1. The molecule has 0 bridgehead atoms. The SMILES string of the molecule is CC(NC(=O)N1CCN(c2ccccn2)CC1)c1ccc(F)cc1. The van der Waals surface area contributed by atoms with Crippen molar-refractivity contribution in [3.8, 4) is 0 Å². The number of carbonyl (C=O) groups excluding carboxylic acids is 1. The van der Waals surface area contributed by atoms with E-state index in [2.05, 4.69) is 15.2 Å². The summed E-state index contributed by atoms with van der Waals surface area (Å²) in [6.07, 6.45) is 1.78. The van der Waals surface area contributed by atoms with Gasteiger partial charge in [0, 0.05) is 32.4 Å². The van der Waals surface area contributed by atoms with Gasteiger partial charge in [0.25, 0.3) is 0 Å². The van der Waals surface area contributed by atoms with Crippen molar-refractivity contribution in [3.05, 3.63) is 60.0 Å². The second-order valence-electron chi connectivity index (χ2n) is 5.88. The Morgan fingerprint density at radius 3 is 2.46 bits per heavy atom. The van der Waals surface area contributed by atoms with E-state index < -0.39 is 0 Å². The summed E-state index contributed by atoms with van der Waals surface area (Å²) in [6.45, 7) is 4.72. The van der Waals surface area contributed by atoms with Gasteiger partial charge in [-0.15, -0.1) is 0 Å². The van der Waals surface area contributed by atoms with E-state index in [1.807, 2.05) is 25.1 Å². The summed E-state index contributed by atoms with van der Waals surface area (Å²) in [7, 11) is 0. The summed E-state index contributed by atoms with van der Waals surface area (Å²) in [5.41, 5.74) is 0.886. The van der Waals surface area contributed by atoms with Gasteiger partial charge in [-0.2, -0.15) is 0 Å². The quantitative estimate of drug-likeness (QED) is 0.942. The minimum absolute atomic E-state index is 0.0903. The molecule has 2 amide bonds. The van der Waals surface area contributed by atoms with Gasteiger partial charge >= 0.3 is 6.03 Å². The third-order valence-electron chi connectivity index (χ3n) is 4.25. The zero-order valence-corrected chi connectivity index (χ0v) is 13.7. The maximum Gasteiger partial charge on any atom is 0.317 e. The number of nitrogens with one attached hydrogen (secondary N) is 1. The highest BCUT2D eigenvalue weighted by atomic mass is 19.1. The van der Waals surface area contributed by atoms with E-state index in [4.69, 9.17) is 0 Å². The normalized spacial score (nSPS) is 15.9. The van der Waals surface area contributed by atoms with Crippen LogP contribution in [0.25, 0.3) is 0 Å². The van der Waals surface area contributed by atoms with Crippen LogP contribution in [-0.2, 0) is 0 Å². The monoisotopic (exact) mass is 328 g/mol. The predicted octanol–water partition coefficient (Wildman–Crippen LogP) is 2.81. The lowest BCUT2D eigenvalue weighted by atomic mass is 10.1. The minimum Gasteiger partial charge on any atom is -0.353 e. The Hall–Kier alpha value is -2.63. The molecule has 126 valence electrons. The number of urea groups is 1. The summed E-state index contributed by atoms with van der Waals surface area (Å²) in [5, 5.41) is 2.97. The Morgan fingerprint density at radius 2 is 1.83 bits per heavy atom. The van der Waals surface area contributed by atoms with Crippen LogP contribution in [0.1, 0.15) is 18.5 Å². The van der Waals surface area contributed by atoms with Crippen LogP contribution in [-0.4, -0.2) is 42.1 Å². The first kappa shape index (κ1) is 16.2. The number of piperazine rings is 1. The molecule has 3 rings (SSSR count). The topological polar surface area (TPSA) is 48.5 Å². The smallest absolute Gasteiger partial charge is 0.317 e. The van der Waals surface area contributed by atoms with Gasteiger partial charge in [-0.1, -0.05) is 18.2 Å². The van der Waals surface area contributed by atoms with Crippen LogP contribution in [0.15, 0.2) is 48.7 Å². The molecule has 1 aromatic carbocycles. The van der Waals surface area contributed by atoms with Crippen LogP contribution < -0.4 is 10.2 Å². The predicted molar refractivity (Wildman–Crippen MR) is 91.4 cm³/mol. The van der Waals surface area contributed by atoms with Gasteiger partial charge < -0.3 is 15.1 Å². The van der Waals surface area contributed by atoms with Gasteiger partial charge in [0.05, 0.1) is 6.04 Å². The van der Waals surface area contributed by atoms with Crippen molar-refractivity contribution in [3.63, 3.8) is 0 Å². The molecule has 1 N–H and O–H groups in total. The van der Waals surface area contributed by atoms with E-state index in [0.717, 1.165) is 24.5 Å². The summed E-state index contributed by atoms with van der Waals surface area (Å²) in [4.78, 5) is 20.7. The van der Waals surface area contributed by atoms with E-state index in [9.17, 15) is 9.18 Å². The van der Waals surface area contributed by atoms with Crippen molar-refractivity contribution in [1.29, 1.82) is 0 Å². The molecule has 24 heavy (non-hydrogen) atoms. The second-order valence-corrected chi connectivity index (χ2v) is 5.88. The third-order valence-corrected chi connectivity index (χ3v) is 4.25. The Balaban J connectivity index is 1.52. The van der Waals surface area contributed by atoms with Crippen molar-refractivity contribution in [2.45, 2.75) is 13.0 Å².